The minimum absolute atomic E-state index is 0.0225. The number of nitrogens with one attached hydrogen (secondary N) is 1. The van der Waals surface area contributed by atoms with E-state index in [1.807, 2.05) is 0 Å². The summed E-state index contributed by atoms with van der Waals surface area (Å²) < 4.78 is 83.1. The highest BCUT2D eigenvalue weighted by molar-refractivity contribution is 7.90. The molecule has 0 saturated heterocycles. The maximum absolute atomic E-state index is 15.2. The van der Waals surface area contributed by atoms with Crippen LogP contribution in [0.25, 0.3) is 16.8 Å². The molecule has 0 bridgehead atoms. The fourth-order valence-electron chi connectivity index (χ4n) is 4.28. The predicted octanol–water partition coefficient (Wildman–Crippen LogP) is 3.63. The molecule has 2 aromatic heterocycles. The summed E-state index contributed by atoms with van der Waals surface area (Å²) in [5, 5.41) is 3.54. The molecular weight excluding hydrogens is 513 g/mol. The van der Waals surface area contributed by atoms with Crippen molar-refractivity contribution in [3.05, 3.63) is 93.9 Å². The largest absolute Gasteiger partial charge is 0.495 e. The second kappa shape index (κ2) is 9.41. The highest BCUT2D eigenvalue weighted by Crippen LogP contribution is 2.34. The molecule has 3 heterocycles. The first-order valence-electron chi connectivity index (χ1n) is 10.9. The monoisotopic (exact) mass is 532 g/mol. The highest BCUT2D eigenvalue weighted by Gasteiger charge is 2.30. The van der Waals surface area contributed by atoms with Crippen LogP contribution in [0.3, 0.4) is 0 Å². The smallest absolute Gasteiger partial charge is 0.303 e. The Morgan fingerprint density at radius 3 is 2.49 bits per heavy atom. The number of methoxy groups -OCH3 is 1. The van der Waals surface area contributed by atoms with Crippen molar-refractivity contribution < 1.29 is 30.8 Å². The minimum atomic E-state index is -3.97. The van der Waals surface area contributed by atoms with E-state index in [2.05, 4.69) is 14.4 Å². The van der Waals surface area contributed by atoms with E-state index in [-0.39, 0.29) is 47.9 Å². The summed E-state index contributed by atoms with van der Waals surface area (Å²) in [7, 11) is -2.66. The second-order valence-electron chi connectivity index (χ2n) is 8.22. The Balaban J connectivity index is 1.55. The van der Waals surface area contributed by atoms with E-state index in [0.29, 0.717) is 17.3 Å². The average molecular weight is 533 g/mol. The number of rotatable bonds is 6. The van der Waals surface area contributed by atoms with Gasteiger partial charge in [0.05, 0.1) is 12.8 Å². The lowest BCUT2D eigenvalue weighted by molar-refractivity contribution is 0.384. The van der Waals surface area contributed by atoms with Gasteiger partial charge in [0, 0.05) is 55.0 Å². The lowest BCUT2D eigenvalue weighted by atomic mass is 10.0. The van der Waals surface area contributed by atoms with Crippen LogP contribution in [0, 0.1) is 17.5 Å². The van der Waals surface area contributed by atoms with Crippen molar-refractivity contribution in [2.45, 2.75) is 13.0 Å². The van der Waals surface area contributed by atoms with E-state index in [1.165, 1.54) is 46.5 Å². The normalized spacial score (nSPS) is 13.8. The average Bonchev–Trinajstić information content (AvgIpc) is 3.35. The van der Waals surface area contributed by atoms with Gasteiger partial charge >= 0.3 is 10.2 Å². The topological polar surface area (TPSA) is 107 Å². The van der Waals surface area contributed by atoms with Crippen LogP contribution < -0.4 is 15.0 Å². The molecule has 0 amide bonds. The molecule has 0 spiro atoms. The van der Waals surface area contributed by atoms with Gasteiger partial charge in [0.1, 0.15) is 29.5 Å². The predicted molar refractivity (Wildman–Crippen MR) is 127 cm³/mol. The van der Waals surface area contributed by atoms with Gasteiger partial charge in [-0.25, -0.2) is 13.2 Å². The van der Waals surface area contributed by atoms with Gasteiger partial charge in [0.2, 0.25) is 0 Å². The van der Waals surface area contributed by atoms with E-state index in [4.69, 9.17) is 4.74 Å². The molecular formula is C24H19F3N4O5S. The molecule has 13 heteroatoms. The van der Waals surface area contributed by atoms with Crippen LogP contribution >= 0.6 is 0 Å². The van der Waals surface area contributed by atoms with Gasteiger partial charge in [-0.1, -0.05) is 11.2 Å². The van der Waals surface area contributed by atoms with Gasteiger partial charge in [0.25, 0.3) is 5.56 Å². The molecule has 0 fully saturated rings. The number of nitrogens with zero attached hydrogens (tertiary/aromatic N) is 3. The Kier molecular flexibility index (Phi) is 6.25. The lowest BCUT2D eigenvalue weighted by Crippen LogP contribution is -2.41. The maximum atomic E-state index is 15.2. The number of hydrogen-bond acceptors (Lipinski definition) is 6. The number of ether oxygens (including phenoxy) is 1. The van der Waals surface area contributed by atoms with Crippen LogP contribution in [-0.2, 0) is 23.2 Å². The Morgan fingerprint density at radius 2 is 1.81 bits per heavy atom. The molecule has 0 aliphatic carbocycles. The molecule has 192 valence electrons. The van der Waals surface area contributed by atoms with Crippen LogP contribution in [0.1, 0.15) is 11.3 Å². The molecule has 4 aromatic rings. The fourth-order valence-corrected chi connectivity index (χ4v) is 5.42. The molecule has 9 nitrogen and oxygen atoms in total. The summed E-state index contributed by atoms with van der Waals surface area (Å²) in [4.78, 5) is 12.9. The van der Waals surface area contributed by atoms with Gasteiger partial charge in [0.15, 0.2) is 5.82 Å². The van der Waals surface area contributed by atoms with E-state index in [0.717, 1.165) is 18.2 Å². The van der Waals surface area contributed by atoms with Crippen LogP contribution in [0.4, 0.5) is 19.0 Å². The third-order valence-corrected chi connectivity index (χ3v) is 7.39. The number of halogens is 3. The van der Waals surface area contributed by atoms with Crippen LogP contribution in [0.2, 0.25) is 0 Å². The summed E-state index contributed by atoms with van der Waals surface area (Å²) in [5.74, 6) is -2.47. The number of fused-ring (bicyclic) bond motifs is 1. The van der Waals surface area contributed by atoms with Gasteiger partial charge < -0.3 is 9.26 Å². The first kappa shape index (κ1) is 24.6. The van der Waals surface area contributed by atoms with Crippen molar-refractivity contribution in [2.24, 2.45) is 0 Å². The number of hydrogen-bond donors (Lipinski definition) is 1. The maximum Gasteiger partial charge on any atom is 0.303 e. The Hall–Kier alpha value is -4.10. The molecule has 1 N–H and O–H groups in total. The van der Waals surface area contributed by atoms with Gasteiger partial charge in [-0.05, 0) is 29.3 Å². The highest BCUT2D eigenvalue weighted by atomic mass is 32.2. The molecule has 1 aliphatic heterocycles. The molecule has 0 atom stereocenters. The SMILES string of the molecule is COc1cc(-c2cc(F)cc(F)c2)c(F)cc1-n1c2c(ccc1=O)CN(S(=O)(=O)Nc1ccon1)CC2. The quantitative estimate of drug-likeness (QED) is 0.407. The molecule has 2 aromatic carbocycles. The van der Waals surface area contributed by atoms with Crippen LogP contribution in [-0.4, -0.2) is 36.1 Å². The summed E-state index contributed by atoms with van der Waals surface area (Å²) in [6.45, 7) is -0.0384. The molecule has 1 aliphatic rings. The van der Waals surface area contributed by atoms with Crippen LogP contribution in [0.15, 0.2) is 64.1 Å². The molecule has 5 rings (SSSR count). The lowest BCUT2D eigenvalue weighted by Gasteiger charge is -2.30. The van der Waals surface area contributed by atoms with E-state index < -0.39 is 33.2 Å². The zero-order valence-corrected chi connectivity index (χ0v) is 20.1. The standard InChI is InChI=1S/C24H19F3N4O5S/c1-35-22-11-18(15-8-16(25)10-17(26)9-15)19(27)12-21(22)31-20-4-6-30(13-14(20)2-3-24(31)32)37(33,34)29-23-5-7-36-28-23/h2-3,5,7-12H,4,6,13H2,1H3,(H,28,29). The zero-order chi connectivity index (χ0) is 26.3. The van der Waals surface area contributed by atoms with Crippen molar-refractivity contribution in [3.63, 3.8) is 0 Å². The van der Waals surface area contributed by atoms with Gasteiger partial charge in [-0.2, -0.15) is 12.7 Å². The van der Waals surface area contributed by atoms with Crippen molar-refractivity contribution in [1.82, 2.24) is 14.0 Å². The zero-order valence-electron chi connectivity index (χ0n) is 19.2. The third-order valence-electron chi connectivity index (χ3n) is 5.93. The van der Waals surface area contributed by atoms with E-state index >= 15 is 4.39 Å². The Bertz CT molecular complexity index is 1640. The van der Waals surface area contributed by atoms with Gasteiger partial charge in [-0.3, -0.25) is 14.1 Å². The number of anilines is 1. The first-order valence-corrected chi connectivity index (χ1v) is 12.4. The molecule has 37 heavy (non-hydrogen) atoms. The second-order valence-corrected chi connectivity index (χ2v) is 9.89. The third kappa shape index (κ3) is 4.70. The number of pyridine rings is 1. The van der Waals surface area contributed by atoms with E-state index in [1.54, 1.807) is 0 Å². The summed E-state index contributed by atoms with van der Waals surface area (Å²) in [5.41, 5.74) is 0.422. The van der Waals surface area contributed by atoms with Gasteiger partial charge in [-0.15, -0.1) is 0 Å². The molecule has 0 radical (unpaired) electrons. The Morgan fingerprint density at radius 1 is 1.05 bits per heavy atom. The fraction of sp³-hybridized carbons (Fsp3) is 0.167. The Labute approximate surface area is 208 Å². The molecule has 0 saturated carbocycles. The summed E-state index contributed by atoms with van der Waals surface area (Å²) in [6.07, 6.45) is 1.36. The first-order chi connectivity index (χ1) is 17.7. The molecule has 0 unspecified atom stereocenters. The van der Waals surface area contributed by atoms with Crippen molar-refractivity contribution in [3.8, 4) is 22.6 Å². The van der Waals surface area contributed by atoms with Crippen molar-refractivity contribution >= 4 is 16.0 Å². The number of benzene rings is 2. The van der Waals surface area contributed by atoms with Crippen molar-refractivity contribution in [2.75, 3.05) is 18.4 Å². The van der Waals surface area contributed by atoms with E-state index in [9.17, 15) is 22.0 Å². The van der Waals surface area contributed by atoms with Crippen molar-refractivity contribution in [1.29, 1.82) is 0 Å². The summed E-state index contributed by atoms with van der Waals surface area (Å²) in [6, 6.07) is 9.06. The summed E-state index contributed by atoms with van der Waals surface area (Å²) >= 11 is 0. The minimum Gasteiger partial charge on any atom is -0.495 e. The van der Waals surface area contributed by atoms with Crippen LogP contribution in [0.5, 0.6) is 5.75 Å². The number of aromatic nitrogens is 2.